The van der Waals surface area contributed by atoms with Crippen molar-refractivity contribution >= 4 is 5.91 Å². The summed E-state index contributed by atoms with van der Waals surface area (Å²) in [5.41, 5.74) is 1.89. The third kappa shape index (κ3) is 3.35. The van der Waals surface area contributed by atoms with Crippen molar-refractivity contribution in [3.63, 3.8) is 0 Å². The summed E-state index contributed by atoms with van der Waals surface area (Å²) in [5.74, 6) is 0.312. The zero-order chi connectivity index (χ0) is 17.9. The number of hydrogen-bond donors (Lipinski definition) is 0. The third-order valence-electron chi connectivity index (χ3n) is 5.68. The van der Waals surface area contributed by atoms with Gasteiger partial charge in [-0.15, -0.1) is 0 Å². The van der Waals surface area contributed by atoms with E-state index in [1.54, 1.807) is 24.5 Å². The van der Waals surface area contributed by atoms with Crippen molar-refractivity contribution in [1.82, 2.24) is 14.9 Å². The highest BCUT2D eigenvalue weighted by Crippen LogP contribution is 2.34. The van der Waals surface area contributed by atoms with E-state index in [4.69, 9.17) is 0 Å². The van der Waals surface area contributed by atoms with Crippen molar-refractivity contribution in [1.29, 1.82) is 0 Å². The minimum atomic E-state index is -0.288. The molecule has 2 aliphatic rings. The Morgan fingerprint density at radius 2 is 1.81 bits per heavy atom. The second-order valence-electron chi connectivity index (χ2n) is 7.37. The van der Waals surface area contributed by atoms with Gasteiger partial charge < -0.3 is 4.90 Å². The number of carbonyl (C=O) groups excluding carboxylic acids is 1. The Morgan fingerprint density at radius 3 is 2.62 bits per heavy atom. The highest BCUT2D eigenvalue weighted by Gasteiger charge is 2.32. The highest BCUT2D eigenvalue weighted by molar-refractivity contribution is 5.79. The molecule has 1 aromatic carbocycles. The van der Waals surface area contributed by atoms with Crippen LogP contribution in [0.3, 0.4) is 0 Å². The van der Waals surface area contributed by atoms with E-state index >= 15 is 0 Å². The molecule has 0 N–H and O–H groups in total. The number of rotatable bonds is 3. The predicted molar refractivity (Wildman–Crippen MR) is 97.9 cm³/mol. The molecule has 5 heteroatoms. The molecule has 0 bridgehead atoms. The maximum absolute atomic E-state index is 14.3. The first-order chi connectivity index (χ1) is 12.7. The molecule has 1 saturated carbocycles. The molecule has 1 unspecified atom stereocenters. The van der Waals surface area contributed by atoms with Gasteiger partial charge in [0.05, 0.1) is 11.4 Å². The summed E-state index contributed by atoms with van der Waals surface area (Å²) in [6, 6.07) is 6.68. The number of nitrogens with zero attached hydrogens (tertiary/aromatic N) is 3. The molecular formula is C21H24FN3O. The van der Waals surface area contributed by atoms with Crippen LogP contribution in [-0.4, -0.2) is 33.9 Å². The molecule has 1 aromatic heterocycles. The van der Waals surface area contributed by atoms with Crippen LogP contribution in [0.4, 0.5) is 4.39 Å². The maximum Gasteiger partial charge on any atom is 0.225 e. The lowest BCUT2D eigenvalue weighted by atomic mass is 9.90. The molecule has 2 fully saturated rings. The van der Waals surface area contributed by atoms with Crippen LogP contribution in [0.15, 0.2) is 36.7 Å². The zero-order valence-electron chi connectivity index (χ0n) is 14.9. The number of piperidine rings is 1. The van der Waals surface area contributed by atoms with Gasteiger partial charge in [0.15, 0.2) is 0 Å². The van der Waals surface area contributed by atoms with E-state index < -0.39 is 0 Å². The molecule has 0 spiro atoms. The fourth-order valence-electron chi connectivity index (χ4n) is 4.34. The van der Waals surface area contributed by atoms with Crippen molar-refractivity contribution in [3.8, 4) is 11.3 Å². The topological polar surface area (TPSA) is 46.1 Å². The molecule has 1 saturated heterocycles. The summed E-state index contributed by atoms with van der Waals surface area (Å²) in [6.07, 6.45) is 9.54. The molecule has 1 aliphatic carbocycles. The normalized spacial score (nSPS) is 21.1. The Balaban J connectivity index is 1.59. The van der Waals surface area contributed by atoms with Crippen molar-refractivity contribution < 1.29 is 9.18 Å². The Labute approximate surface area is 153 Å². The molecule has 136 valence electrons. The summed E-state index contributed by atoms with van der Waals surface area (Å²) >= 11 is 0. The monoisotopic (exact) mass is 353 g/mol. The fourth-order valence-corrected chi connectivity index (χ4v) is 4.34. The van der Waals surface area contributed by atoms with Crippen LogP contribution in [0.5, 0.6) is 0 Å². The van der Waals surface area contributed by atoms with Crippen molar-refractivity contribution in [2.24, 2.45) is 5.92 Å². The first-order valence-electron chi connectivity index (χ1n) is 9.58. The molecular weight excluding hydrogens is 329 g/mol. The molecule has 2 aromatic rings. The van der Waals surface area contributed by atoms with E-state index in [2.05, 4.69) is 9.97 Å². The van der Waals surface area contributed by atoms with Crippen LogP contribution in [0, 0.1) is 11.7 Å². The number of carbonyl (C=O) groups is 1. The lowest BCUT2D eigenvalue weighted by molar-refractivity contribution is -0.136. The van der Waals surface area contributed by atoms with Crippen LogP contribution >= 0.6 is 0 Å². The fraction of sp³-hybridized carbons (Fsp3) is 0.476. The molecule has 1 amide bonds. The number of likely N-dealkylation sites (tertiary alicyclic amines) is 1. The van der Waals surface area contributed by atoms with Gasteiger partial charge in [-0.2, -0.15) is 0 Å². The average molecular weight is 353 g/mol. The smallest absolute Gasteiger partial charge is 0.225 e. The third-order valence-corrected chi connectivity index (χ3v) is 5.68. The molecule has 4 nitrogen and oxygen atoms in total. The van der Waals surface area contributed by atoms with Gasteiger partial charge in [-0.25, -0.2) is 4.39 Å². The Bertz CT molecular complexity index is 788. The molecule has 4 rings (SSSR count). The second-order valence-corrected chi connectivity index (χ2v) is 7.37. The van der Waals surface area contributed by atoms with Gasteiger partial charge in [0.25, 0.3) is 0 Å². The van der Waals surface area contributed by atoms with Crippen LogP contribution in [0.1, 0.15) is 50.1 Å². The molecule has 2 heterocycles. The van der Waals surface area contributed by atoms with Crippen LogP contribution in [-0.2, 0) is 4.79 Å². The Hall–Kier alpha value is -2.30. The van der Waals surface area contributed by atoms with E-state index in [0.29, 0.717) is 23.7 Å². The van der Waals surface area contributed by atoms with Crippen molar-refractivity contribution in [3.05, 3.63) is 48.2 Å². The van der Waals surface area contributed by atoms with Crippen LogP contribution in [0.25, 0.3) is 11.3 Å². The number of amides is 1. The molecule has 0 radical (unpaired) electrons. The van der Waals surface area contributed by atoms with Crippen molar-refractivity contribution in [2.75, 3.05) is 13.1 Å². The summed E-state index contributed by atoms with van der Waals surface area (Å²) in [7, 11) is 0. The van der Waals surface area contributed by atoms with Gasteiger partial charge in [0, 0.05) is 42.9 Å². The van der Waals surface area contributed by atoms with Crippen LogP contribution < -0.4 is 0 Å². The lowest BCUT2D eigenvalue weighted by Gasteiger charge is -2.34. The Kier molecular flexibility index (Phi) is 4.96. The van der Waals surface area contributed by atoms with Crippen molar-refractivity contribution in [2.45, 2.75) is 44.4 Å². The Morgan fingerprint density at radius 1 is 1.04 bits per heavy atom. The van der Waals surface area contributed by atoms with E-state index in [1.807, 2.05) is 11.0 Å². The highest BCUT2D eigenvalue weighted by atomic mass is 19.1. The molecule has 1 atom stereocenters. The van der Waals surface area contributed by atoms with Gasteiger partial charge >= 0.3 is 0 Å². The van der Waals surface area contributed by atoms with Crippen LogP contribution in [0.2, 0.25) is 0 Å². The number of hydrogen-bond acceptors (Lipinski definition) is 3. The summed E-state index contributed by atoms with van der Waals surface area (Å²) < 4.78 is 14.3. The van der Waals surface area contributed by atoms with Gasteiger partial charge in [0.1, 0.15) is 5.82 Å². The van der Waals surface area contributed by atoms with Gasteiger partial charge in [0.2, 0.25) is 5.91 Å². The maximum atomic E-state index is 14.3. The number of aromatic nitrogens is 2. The zero-order valence-corrected chi connectivity index (χ0v) is 14.9. The minimum absolute atomic E-state index is 0.109. The number of benzene rings is 1. The first-order valence-corrected chi connectivity index (χ1v) is 9.58. The summed E-state index contributed by atoms with van der Waals surface area (Å²) in [5, 5.41) is 0. The predicted octanol–water partition coefficient (Wildman–Crippen LogP) is 4.18. The van der Waals surface area contributed by atoms with E-state index in [9.17, 15) is 9.18 Å². The van der Waals surface area contributed by atoms with E-state index in [0.717, 1.165) is 50.8 Å². The van der Waals surface area contributed by atoms with E-state index in [1.165, 1.54) is 6.07 Å². The van der Waals surface area contributed by atoms with Gasteiger partial charge in [-0.05, 0) is 37.8 Å². The van der Waals surface area contributed by atoms with Gasteiger partial charge in [-0.3, -0.25) is 14.8 Å². The van der Waals surface area contributed by atoms with Gasteiger partial charge in [-0.1, -0.05) is 25.0 Å². The summed E-state index contributed by atoms with van der Waals surface area (Å²) in [4.78, 5) is 23.8. The lowest BCUT2D eigenvalue weighted by Crippen LogP contribution is -2.42. The molecule has 26 heavy (non-hydrogen) atoms. The summed E-state index contributed by atoms with van der Waals surface area (Å²) in [6.45, 7) is 1.48. The number of halogens is 1. The second kappa shape index (κ2) is 7.52. The quantitative estimate of drug-likeness (QED) is 0.832. The largest absolute Gasteiger partial charge is 0.342 e. The SMILES string of the molecule is O=C(C1CCCC1)N1CCCC(c2nccnc2-c2ccccc2F)C1. The van der Waals surface area contributed by atoms with E-state index in [-0.39, 0.29) is 17.7 Å². The standard InChI is InChI=1S/C21H24FN3O/c22-18-10-4-3-9-17(18)20-19(23-11-12-24-20)16-8-5-13-25(14-16)21(26)15-6-1-2-7-15/h3-4,9-12,15-16H,1-2,5-8,13-14H2. The molecule has 1 aliphatic heterocycles. The first kappa shape index (κ1) is 17.1. The average Bonchev–Trinajstić information content (AvgIpc) is 3.23. The minimum Gasteiger partial charge on any atom is -0.342 e.